The molecule has 0 saturated heterocycles. The monoisotopic (exact) mass is 304 g/mol. The van der Waals surface area contributed by atoms with Gasteiger partial charge in [0.15, 0.2) is 5.11 Å². The molecule has 0 radical (unpaired) electrons. The van der Waals surface area contributed by atoms with Crippen molar-refractivity contribution in [3.8, 4) is 0 Å². The van der Waals surface area contributed by atoms with E-state index in [-0.39, 0.29) is 0 Å². The minimum atomic E-state index is 0.552. The van der Waals surface area contributed by atoms with Crippen molar-refractivity contribution in [3.63, 3.8) is 0 Å². The van der Waals surface area contributed by atoms with Crippen LogP contribution in [0.4, 0.5) is 0 Å². The Morgan fingerprint density at radius 1 is 1.19 bits per heavy atom. The summed E-state index contributed by atoms with van der Waals surface area (Å²) in [5.41, 5.74) is 2.70. The first-order valence-electron chi connectivity index (χ1n) is 8.19. The van der Waals surface area contributed by atoms with Gasteiger partial charge in [0.25, 0.3) is 0 Å². The number of hydrogen-bond acceptors (Lipinski definition) is 1. The molecule has 21 heavy (non-hydrogen) atoms. The lowest BCUT2D eigenvalue weighted by molar-refractivity contribution is 0.300. The van der Waals surface area contributed by atoms with Gasteiger partial charge in [-0.3, -0.25) is 0 Å². The van der Waals surface area contributed by atoms with Gasteiger partial charge in [0.2, 0.25) is 0 Å². The summed E-state index contributed by atoms with van der Waals surface area (Å²) in [5, 5.41) is 4.45. The minimum absolute atomic E-state index is 0.552. The molecule has 0 bridgehead atoms. The molecule has 0 unspecified atom stereocenters. The van der Waals surface area contributed by atoms with Crippen LogP contribution in [0.1, 0.15) is 50.7 Å². The molecule has 2 nitrogen and oxygen atoms in total. The maximum absolute atomic E-state index is 5.57. The molecule has 0 amide bonds. The Labute approximate surface area is 134 Å². The van der Waals surface area contributed by atoms with Crippen LogP contribution < -0.4 is 5.32 Å². The molecule has 1 aliphatic carbocycles. The normalized spacial score (nSPS) is 21.9. The van der Waals surface area contributed by atoms with E-state index in [1.807, 2.05) is 0 Å². The van der Waals surface area contributed by atoms with Crippen molar-refractivity contribution in [2.45, 2.75) is 58.5 Å². The number of hydrogen-bond donors (Lipinski definition) is 1. The Morgan fingerprint density at radius 2 is 1.81 bits per heavy atom. The van der Waals surface area contributed by atoms with Crippen molar-refractivity contribution in [2.75, 3.05) is 7.05 Å². The van der Waals surface area contributed by atoms with Crippen LogP contribution in [0.5, 0.6) is 0 Å². The van der Waals surface area contributed by atoms with E-state index in [2.05, 4.69) is 55.4 Å². The molecule has 116 valence electrons. The molecule has 1 aliphatic rings. The Balaban J connectivity index is 1.86. The summed E-state index contributed by atoms with van der Waals surface area (Å²) in [5.74, 6) is 0.730. The fourth-order valence-electron chi connectivity index (χ4n) is 3.03. The summed E-state index contributed by atoms with van der Waals surface area (Å²) in [7, 11) is 2.08. The van der Waals surface area contributed by atoms with E-state index in [1.165, 1.54) is 36.8 Å². The third-order valence-electron chi connectivity index (χ3n) is 4.62. The zero-order valence-electron chi connectivity index (χ0n) is 13.6. The maximum Gasteiger partial charge on any atom is 0.169 e. The van der Waals surface area contributed by atoms with E-state index >= 15 is 0 Å². The quantitative estimate of drug-likeness (QED) is 0.842. The van der Waals surface area contributed by atoms with Gasteiger partial charge in [-0.1, -0.05) is 51.0 Å². The zero-order chi connectivity index (χ0) is 15.2. The van der Waals surface area contributed by atoms with Gasteiger partial charge in [-0.25, -0.2) is 0 Å². The van der Waals surface area contributed by atoms with Crippen LogP contribution in [-0.2, 0) is 13.0 Å². The van der Waals surface area contributed by atoms with Gasteiger partial charge in [-0.2, -0.15) is 0 Å². The molecule has 2 rings (SSSR count). The van der Waals surface area contributed by atoms with E-state index in [4.69, 9.17) is 12.2 Å². The van der Waals surface area contributed by atoms with Crippen LogP contribution >= 0.6 is 12.2 Å². The number of thiocarbonyl (C=S) groups is 1. The second-order valence-electron chi connectivity index (χ2n) is 6.34. The van der Waals surface area contributed by atoms with Gasteiger partial charge < -0.3 is 10.2 Å². The van der Waals surface area contributed by atoms with Gasteiger partial charge in [0, 0.05) is 19.6 Å². The zero-order valence-corrected chi connectivity index (χ0v) is 14.4. The van der Waals surface area contributed by atoms with Gasteiger partial charge in [0.1, 0.15) is 0 Å². The average molecular weight is 305 g/mol. The van der Waals surface area contributed by atoms with Crippen molar-refractivity contribution < 1.29 is 0 Å². The summed E-state index contributed by atoms with van der Waals surface area (Å²) in [4.78, 5) is 2.15. The Bertz CT molecular complexity index is 455. The first-order chi connectivity index (χ1) is 10.1. The first-order valence-corrected chi connectivity index (χ1v) is 8.60. The fraction of sp³-hybridized carbons (Fsp3) is 0.611. The molecule has 1 aromatic carbocycles. The van der Waals surface area contributed by atoms with E-state index in [0.29, 0.717) is 6.04 Å². The highest BCUT2D eigenvalue weighted by Crippen LogP contribution is 2.23. The van der Waals surface area contributed by atoms with E-state index in [0.717, 1.165) is 24.0 Å². The molecule has 1 saturated carbocycles. The average Bonchev–Trinajstić information content (AvgIpc) is 2.50. The molecule has 2 atom stereocenters. The molecule has 3 heteroatoms. The van der Waals surface area contributed by atoms with Crippen molar-refractivity contribution in [1.82, 2.24) is 10.2 Å². The second kappa shape index (κ2) is 7.79. The molecule has 0 aromatic heterocycles. The van der Waals surface area contributed by atoms with Gasteiger partial charge >= 0.3 is 0 Å². The van der Waals surface area contributed by atoms with Gasteiger partial charge in [-0.15, -0.1) is 0 Å². The topological polar surface area (TPSA) is 15.3 Å². The molecule has 0 heterocycles. The van der Waals surface area contributed by atoms with E-state index in [9.17, 15) is 0 Å². The Hall–Kier alpha value is -1.09. The van der Waals surface area contributed by atoms with Crippen LogP contribution in [0.3, 0.4) is 0 Å². The summed E-state index contributed by atoms with van der Waals surface area (Å²) in [6.45, 7) is 5.39. The largest absolute Gasteiger partial charge is 0.360 e. The van der Waals surface area contributed by atoms with Gasteiger partial charge in [-0.05, 0) is 48.5 Å². The second-order valence-corrected chi connectivity index (χ2v) is 6.73. The van der Waals surface area contributed by atoms with Crippen molar-refractivity contribution in [3.05, 3.63) is 35.4 Å². The predicted molar refractivity (Wildman–Crippen MR) is 94.4 cm³/mol. The number of nitrogens with zero attached hydrogens (tertiary/aromatic N) is 1. The number of benzene rings is 1. The summed E-state index contributed by atoms with van der Waals surface area (Å²) in [6.07, 6.45) is 6.36. The van der Waals surface area contributed by atoms with Crippen molar-refractivity contribution in [2.24, 2.45) is 5.92 Å². The van der Waals surface area contributed by atoms with Crippen molar-refractivity contribution in [1.29, 1.82) is 0 Å². The van der Waals surface area contributed by atoms with Crippen LogP contribution in [-0.4, -0.2) is 23.1 Å². The summed E-state index contributed by atoms with van der Waals surface area (Å²) in [6, 6.07) is 9.39. The lowest BCUT2D eigenvalue weighted by Crippen LogP contribution is -2.46. The van der Waals surface area contributed by atoms with Crippen LogP contribution in [0.15, 0.2) is 24.3 Å². The third kappa shape index (κ3) is 4.70. The molecule has 0 aliphatic heterocycles. The first kappa shape index (κ1) is 16.3. The number of aryl methyl sites for hydroxylation is 1. The SMILES string of the molecule is CCc1ccc(CN(C)C(=S)N[C@@H]2CCCC[C@H]2C)cc1. The third-order valence-corrected chi connectivity index (χ3v) is 5.05. The van der Waals surface area contributed by atoms with Crippen molar-refractivity contribution >= 4 is 17.3 Å². The number of nitrogens with one attached hydrogen (secondary N) is 1. The fourth-order valence-corrected chi connectivity index (χ4v) is 3.24. The van der Waals surface area contributed by atoms with Crippen LogP contribution in [0.2, 0.25) is 0 Å². The van der Waals surface area contributed by atoms with Crippen LogP contribution in [0, 0.1) is 5.92 Å². The Kier molecular flexibility index (Phi) is 6.04. The number of rotatable bonds is 4. The smallest absolute Gasteiger partial charge is 0.169 e. The van der Waals surface area contributed by atoms with Crippen LogP contribution in [0.25, 0.3) is 0 Å². The van der Waals surface area contributed by atoms with E-state index < -0.39 is 0 Å². The highest BCUT2D eigenvalue weighted by atomic mass is 32.1. The highest BCUT2D eigenvalue weighted by Gasteiger charge is 2.22. The Morgan fingerprint density at radius 3 is 2.43 bits per heavy atom. The standard InChI is InChI=1S/C18H28N2S/c1-4-15-9-11-16(12-10-15)13-20(3)18(21)19-17-8-6-5-7-14(17)2/h9-12,14,17H,4-8,13H2,1-3H3,(H,19,21)/t14-,17-/m1/s1. The molecule has 0 spiro atoms. The molecular weight excluding hydrogens is 276 g/mol. The maximum atomic E-state index is 5.57. The predicted octanol–water partition coefficient (Wildman–Crippen LogP) is 4.13. The molecule has 1 N–H and O–H groups in total. The van der Waals surface area contributed by atoms with Gasteiger partial charge in [0.05, 0.1) is 0 Å². The molecule has 1 fully saturated rings. The highest BCUT2D eigenvalue weighted by molar-refractivity contribution is 7.80. The molecular formula is C18H28N2S. The van der Waals surface area contributed by atoms with E-state index in [1.54, 1.807) is 0 Å². The molecule has 1 aromatic rings. The minimum Gasteiger partial charge on any atom is -0.360 e. The lowest BCUT2D eigenvalue weighted by Gasteiger charge is -2.33. The lowest BCUT2D eigenvalue weighted by atomic mass is 9.86. The summed E-state index contributed by atoms with van der Waals surface area (Å²) >= 11 is 5.57. The summed E-state index contributed by atoms with van der Waals surface area (Å²) < 4.78 is 0.